The zero-order chi connectivity index (χ0) is 20.4. The number of hydrogen-bond acceptors (Lipinski definition) is 5. The molecule has 0 fully saturated rings. The number of hydrogen-bond donors (Lipinski definition) is 2. The maximum Gasteiger partial charge on any atom is 0.255 e. The van der Waals surface area contributed by atoms with Gasteiger partial charge in [-0.05, 0) is 55.5 Å². The monoisotopic (exact) mass is 408 g/mol. The minimum Gasteiger partial charge on any atom is -0.507 e. The highest BCUT2D eigenvalue weighted by molar-refractivity contribution is 6.32. The van der Waals surface area contributed by atoms with E-state index >= 15 is 0 Å². The first-order chi connectivity index (χ1) is 14.0. The molecule has 0 radical (unpaired) electrons. The molecule has 4 aromatic rings. The van der Waals surface area contributed by atoms with Crippen molar-refractivity contribution < 1.29 is 19.1 Å². The number of rotatable bonds is 5. The summed E-state index contributed by atoms with van der Waals surface area (Å²) in [4.78, 5) is 17.0. The number of ether oxygens (including phenoxy) is 1. The van der Waals surface area contributed by atoms with Crippen LogP contribution in [0.4, 0.5) is 5.69 Å². The number of amides is 1. The van der Waals surface area contributed by atoms with Crippen LogP contribution in [0.2, 0.25) is 5.02 Å². The molecule has 0 aliphatic carbocycles. The van der Waals surface area contributed by atoms with Crippen molar-refractivity contribution in [2.45, 2.75) is 6.92 Å². The molecule has 7 heteroatoms. The molecule has 2 N–H and O–H groups in total. The second-order valence-corrected chi connectivity index (χ2v) is 6.66. The number of carbonyl (C=O) groups is 1. The Morgan fingerprint density at radius 3 is 2.76 bits per heavy atom. The number of carbonyl (C=O) groups excluding carboxylic acids is 1. The molecule has 4 rings (SSSR count). The van der Waals surface area contributed by atoms with Crippen molar-refractivity contribution in [3.05, 3.63) is 71.2 Å². The van der Waals surface area contributed by atoms with Crippen LogP contribution < -0.4 is 10.1 Å². The van der Waals surface area contributed by atoms with E-state index in [1.807, 2.05) is 25.1 Å². The highest BCUT2D eigenvalue weighted by Gasteiger charge is 2.15. The summed E-state index contributed by atoms with van der Waals surface area (Å²) in [5, 5.41) is 13.4. The van der Waals surface area contributed by atoms with Crippen molar-refractivity contribution in [2.24, 2.45) is 0 Å². The van der Waals surface area contributed by atoms with Gasteiger partial charge in [-0.3, -0.25) is 4.79 Å². The molecule has 3 aromatic carbocycles. The topological polar surface area (TPSA) is 84.6 Å². The molecule has 6 nitrogen and oxygen atoms in total. The smallest absolute Gasteiger partial charge is 0.255 e. The molecule has 0 atom stereocenters. The third-order valence-electron chi connectivity index (χ3n) is 4.27. The normalized spacial score (nSPS) is 10.8. The summed E-state index contributed by atoms with van der Waals surface area (Å²) in [6.45, 7) is 2.34. The van der Waals surface area contributed by atoms with Crippen molar-refractivity contribution in [2.75, 3.05) is 11.9 Å². The molecule has 146 valence electrons. The van der Waals surface area contributed by atoms with Crippen molar-refractivity contribution >= 4 is 34.3 Å². The van der Waals surface area contributed by atoms with E-state index in [9.17, 15) is 9.90 Å². The molecule has 0 saturated heterocycles. The van der Waals surface area contributed by atoms with Gasteiger partial charge in [0.25, 0.3) is 5.91 Å². The van der Waals surface area contributed by atoms with Gasteiger partial charge >= 0.3 is 0 Å². The number of benzene rings is 3. The van der Waals surface area contributed by atoms with Gasteiger partial charge in [-0.2, -0.15) is 0 Å². The Labute approximate surface area is 171 Å². The highest BCUT2D eigenvalue weighted by Crippen LogP contribution is 2.33. The van der Waals surface area contributed by atoms with E-state index < -0.39 is 0 Å². The third-order valence-corrected chi connectivity index (χ3v) is 4.57. The van der Waals surface area contributed by atoms with Crippen LogP contribution in [0, 0.1) is 0 Å². The van der Waals surface area contributed by atoms with Gasteiger partial charge in [-0.1, -0.05) is 23.7 Å². The number of nitrogens with zero attached hydrogens (tertiary/aromatic N) is 1. The maximum absolute atomic E-state index is 12.6. The van der Waals surface area contributed by atoms with Gasteiger partial charge in [0.15, 0.2) is 5.58 Å². The van der Waals surface area contributed by atoms with Crippen LogP contribution in [0.25, 0.3) is 22.6 Å². The standard InChI is InChI=1S/C22H17ClN2O4/c1-2-28-19-10-7-13(11-16(19)23)21(27)24-14-8-9-18(26)15(12-14)22-25-17-5-3-4-6-20(17)29-22/h3-12,26H,2H2,1H3,(H,24,27). The van der Waals surface area contributed by atoms with E-state index in [4.69, 9.17) is 20.8 Å². The number of oxazole rings is 1. The largest absolute Gasteiger partial charge is 0.507 e. The second-order valence-electron chi connectivity index (χ2n) is 6.25. The Hall–Kier alpha value is -3.51. The van der Waals surface area contributed by atoms with Crippen LogP contribution in [-0.2, 0) is 0 Å². The van der Waals surface area contributed by atoms with Crippen molar-refractivity contribution in [3.63, 3.8) is 0 Å². The summed E-state index contributed by atoms with van der Waals surface area (Å²) in [6, 6.07) is 16.8. The molecule has 1 heterocycles. The molecule has 29 heavy (non-hydrogen) atoms. The Balaban J connectivity index is 1.60. The molecule has 1 amide bonds. The number of halogens is 1. The van der Waals surface area contributed by atoms with Crippen LogP contribution in [0.1, 0.15) is 17.3 Å². The zero-order valence-corrected chi connectivity index (χ0v) is 16.2. The van der Waals surface area contributed by atoms with Crippen molar-refractivity contribution in [1.82, 2.24) is 4.98 Å². The molecule has 0 spiro atoms. The molecule has 0 saturated carbocycles. The van der Waals surface area contributed by atoms with Gasteiger partial charge in [-0.25, -0.2) is 4.98 Å². The first kappa shape index (κ1) is 18.8. The Bertz CT molecular complexity index is 1170. The van der Waals surface area contributed by atoms with Gasteiger partial charge in [0.05, 0.1) is 17.2 Å². The van der Waals surface area contributed by atoms with Crippen LogP contribution in [0.5, 0.6) is 11.5 Å². The number of aromatic hydroxyl groups is 1. The van der Waals surface area contributed by atoms with Gasteiger partial charge in [0.2, 0.25) is 5.89 Å². The van der Waals surface area contributed by atoms with Gasteiger partial charge < -0.3 is 19.6 Å². The summed E-state index contributed by atoms with van der Waals surface area (Å²) in [5.41, 5.74) is 2.54. The molecule has 0 aliphatic heterocycles. The van der Waals surface area contributed by atoms with E-state index in [0.717, 1.165) is 0 Å². The fourth-order valence-corrected chi connectivity index (χ4v) is 3.13. The molecular weight excluding hydrogens is 392 g/mol. The summed E-state index contributed by atoms with van der Waals surface area (Å²) in [6.07, 6.45) is 0. The van der Waals surface area contributed by atoms with E-state index in [0.29, 0.717) is 45.3 Å². The Kier molecular flexibility index (Phi) is 5.10. The maximum atomic E-state index is 12.6. The number of nitrogens with one attached hydrogen (secondary N) is 1. The zero-order valence-electron chi connectivity index (χ0n) is 15.5. The highest BCUT2D eigenvalue weighted by atomic mass is 35.5. The lowest BCUT2D eigenvalue weighted by Crippen LogP contribution is -2.12. The third kappa shape index (κ3) is 3.88. The Morgan fingerprint density at radius 1 is 1.17 bits per heavy atom. The van der Waals surface area contributed by atoms with E-state index in [1.54, 1.807) is 36.4 Å². The Morgan fingerprint density at radius 2 is 2.00 bits per heavy atom. The number of anilines is 1. The summed E-state index contributed by atoms with van der Waals surface area (Å²) in [7, 11) is 0. The predicted octanol–water partition coefficient (Wildman–Crippen LogP) is 5.50. The van der Waals surface area contributed by atoms with Gasteiger partial charge in [0.1, 0.15) is 17.0 Å². The number of fused-ring (bicyclic) bond motifs is 1. The summed E-state index contributed by atoms with van der Waals surface area (Å²) in [5.74, 6) is 0.445. The lowest BCUT2D eigenvalue weighted by molar-refractivity contribution is 0.102. The quantitative estimate of drug-likeness (QED) is 0.425. The first-order valence-electron chi connectivity index (χ1n) is 8.98. The van der Waals surface area contributed by atoms with E-state index in [1.165, 1.54) is 6.07 Å². The molecular formula is C22H17ClN2O4. The van der Waals surface area contributed by atoms with Crippen LogP contribution >= 0.6 is 11.6 Å². The average Bonchev–Trinajstić information content (AvgIpc) is 3.15. The molecule has 0 unspecified atom stereocenters. The molecule has 1 aromatic heterocycles. The van der Waals surface area contributed by atoms with Gasteiger partial charge in [-0.15, -0.1) is 0 Å². The minimum atomic E-state index is -0.343. The van der Waals surface area contributed by atoms with Gasteiger partial charge in [0, 0.05) is 11.3 Å². The molecule has 0 bridgehead atoms. The lowest BCUT2D eigenvalue weighted by Gasteiger charge is -2.10. The van der Waals surface area contributed by atoms with E-state index in [2.05, 4.69) is 10.3 Å². The number of phenolic OH excluding ortho intramolecular Hbond substituents is 1. The van der Waals surface area contributed by atoms with Crippen molar-refractivity contribution in [3.8, 4) is 23.0 Å². The summed E-state index contributed by atoms with van der Waals surface area (Å²) < 4.78 is 11.1. The fraction of sp³-hybridized carbons (Fsp3) is 0.0909. The van der Waals surface area contributed by atoms with Crippen molar-refractivity contribution in [1.29, 1.82) is 0 Å². The fourth-order valence-electron chi connectivity index (χ4n) is 2.89. The average molecular weight is 409 g/mol. The number of phenols is 1. The first-order valence-corrected chi connectivity index (χ1v) is 9.35. The predicted molar refractivity (Wildman–Crippen MR) is 112 cm³/mol. The molecule has 0 aliphatic rings. The van der Waals surface area contributed by atoms with Crippen LogP contribution in [-0.4, -0.2) is 22.6 Å². The van der Waals surface area contributed by atoms with E-state index in [-0.39, 0.29) is 17.5 Å². The van der Waals surface area contributed by atoms with Crippen LogP contribution in [0.15, 0.2) is 65.1 Å². The number of aromatic nitrogens is 1. The van der Waals surface area contributed by atoms with Crippen LogP contribution in [0.3, 0.4) is 0 Å². The lowest BCUT2D eigenvalue weighted by atomic mass is 10.1. The minimum absolute atomic E-state index is 0.00123. The second kappa shape index (κ2) is 7.85. The summed E-state index contributed by atoms with van der Waals surface area (Å²) >= 11 is 6.16. The number of para-hydroxylation sites is 2. The SMILES string of the molecule is CCOc1ccc(C(=O)Nc2ccc(O)c(-c3nc4ccccc4o3)c2)cc1Cl.